The summed E-state index contributed by atoms with van der Waals surface area (Å²) < 4.78 is 5.49. The largest absolute Gasteiger partial charge is 0.444 e. The number of carbonyl (C=O) groups is 3. The van der Waals surface area contributed by atoms with Crippen LogP contribution in [0.25, 0.3) is 10.8 Å². The maximum absolute atomic E-state index is 14.4. The van der Waals surface area contributed by atoms with E-state index >= 15 is 0 Å². The van der Waals surface area contributed by atoms with Crippen LogP contribution in [0.2, 0.25) is 0 Å². The van der Waals surface area contributed by atoms with Crippen molar-refractivity contribution in [3.05, 3.63) is 77.9 Å². The molecule has 3 aromatic carbocycles. The fourth-order valence-corrected chi connectivity index (χ4v) is 5.02. The summed E-state index contributed by atoms with van der Waals surface area (Å²) in [4.78, 5) is 43.0. The van der Waals surface area contributed by atoms with Gasteiger partial charge in [-0.05, 0) is 74.1 Å². The molecule has 0 saturated carbocycles. The van der Waals surface area contributed by atoms with Gasteiger partial charge >= 0.3 is 6.09 Å². The van der Waals surface area contributed by atoms with Crippen molar-refractivity contribution in [3.63, 3.8) is 0 Å². The Hall–Kier alpha value is -3.87. The highest BCUT2D eigenvalue weighted by molar-refractivity contribution is 6.00. The summed E-state index contributed by atoms with van der Waals surface area (Å²) in [6.45, 7) is 13.6. The Bertz CT molecular complexity index is 1360. The summed E-state index contributed by atoms with van der Waals surface area (Å²) in [6.07, 6.45) is 3.09. The van der Waals surface area contributed by atoms with Crippen LogP contribution in [0, 0.1) is 12.8 Å². The molecule has 0 aliphatic carbocycles. The standard InChI is InChI=1S/C35H47N3O4/c1-8-9-10-15-22-38(33(40)30(24(2)3)37-34(41)42-35(5,6)7)31(29-19-14-11-16-25(29)4)32(39)36-28-21-20-26-17-12-13-18-27(26)23-28/h11-14,16-21,23-24,30-31H,8-10,15,22H2,1-7H3,(H,36,39)(H,37,41). The molecule has 2 unspecified atom stereocenters. The monoisotopic (exact) mass is 573 g/mol. The first-order valence-electron chi connectivity index (χ1n) is 15.1. The molecule has 0 spiro atoms. The molecule has 3 rings (SSSR count). The van der Waals surface area contributed by atoms with Gasteiger partial charge in [-0.2, -0.15) is 0 Å². The highest BCUT2D eigenvalue weighted by Gasteiger charge is 2.38. The number of hydrogen-bond donors (Lipinski definition) is 2. The van der Waals surface area contributed by atoms with Gasteiger partial charge in [0.2, 0.25) is 5.91 Å². The molecule has 2 atom stereocenters. The Morgan fingerprint density at radius 1 is 0.881 bits per heavy atom. The van der Waals surface area contributed by atoms with Gasteiger partial charge in [-0.1, -0.05) is 94.6 Å². The van der Waals surface area contributed by atoms with E-state index in [9.17, 15) is 14.4 Å². The van der Waals surface area contributed by atoms with Crippen LogP contribution >= 0.6 is 0 Å². The van der Waals surface area contributed by atoms with Gasteiger partial charge in [0, 0.05) is 12.2 Å². The number of aryl methyl sites for hydroxylation is 1. The van der Waals surface area contributed by atoms with E-state index in [1.54, 1.807) is 25.7 Å². The lowest BCUT2D eigenvalue weighted by atomic mass is 9.95. The number of amides is 3. The van der Waals surface area contributed by atoms with E-state index in [-0.39, 0.29) is 17.7 Å². The van der Waals surface area contributed by atoms with Crippen LogP contribution in [0.5, 0.6) is 0 Å². The van der Waals surface area contributed by atoms with Gasteiger partial charge in [-0.3, -0.25) is 9.59 Å². The molecular formula is C35H47N3O4. The van der Waals surface area contributed by atoms with Gasteiger partial charge in [0.15, 0.2) is 0 Å². The van der Waals surface area contributed by atoms with Crippen molar-refractivity contribution in [2.75, 3.05) is 11.9 Å². The van der Waals surface area contributed by atoms with Gasteiger partial charge in [-0.15, -0.1) is 0 Å². The van der Waals surface area contributed by atoms with Crippen LogP contribution < -0.4 is 10.6 Å². The summed E-state index contributed by atoms with van der Waals surface area (Å²) in [7, 11) is 0. The lowest BCUT2D eigenvalue weighted by Crippen LogP contribution is -2.54. The summed E-state index contributed by atoms with van der Waals surface area (Å²) in [5.74, 6) is -0.846. The number of unbranched alkanes of at least 4 members (excludes halogenated alkanes) is 3. The Labute approximate surface area is 251 Å². The molecule has 42 heavy (non-hydrogen) atoms. The van der Waals surface area contributed by atoms with Gasteiger partial charge in [-0.25, -0.2) is 4.79 Å². The zero-order valence-electron chi connectivity index (χ0n) is 26.2. The molecule has 0 heterocycles. The van der Waals surface area contributed by atoms with Crippen molar-refractivity contribution in [1.29, 1.82) is 0 Å². The molecule has 0 aliphatic heterocycles. The molecule has 0 aliphatic rings. The zero-order chi connectivity index (χ0) is 30.9. The second kappa shape index (κ2) is 14.9. The number of ether oxygens (including phenoxy) is 1. The van der Waals surface area contributed by atoms with E-state index in [0.717, 1.165) is 47.6 Å². The van der Waals surface area contributed by atoms with Crippen molar-refractivity contribution in [2.45, 2.75) is 91.8 Å². The Morgan fingerprint density at radius 3 is 2.19 bits per heavy atom. The minimum atomic E-state index is -0.895. The summed E-state index contributed by atoms with van der Waals surface area (Å²) >= 11 is 0. The summed E-state index contributed by atoms with van der Waals surface area (Å²) in [5, 5.41) is 7.98. The van der Waals surface area contributed by atoms with Crippen LogP contribution in [0.4, 0.5) is 10.5 Å². The van der Waals surface area contributed by atoms with E-state index in [2.05, 4.69) is 17.6 Å². The molecule has 0 radical (unpaired) electrons. The number of fused-ring (bicyclic) bond motifs is 1. The molecule has 7 nitrogen and oxygen atoms in total. The van der Waals surface area contributed by atoms with E-state index in [1.165, 1.54) is 0 Å². The SMILES string of the molecule is CCCCCCN(C(=O)C(NC(=O)OC(C)(C)C)C(C)C)C(C(=O)Nc1ccc2ccccc2c1)c1ccccc1C. The summed E-state index contributed by atoms with van der Waals surface area (Å²) in [5.41, 5.74) is 1.60. The number of hydrogen-bond acceptors (Lipinski definition) is 4. The highest BCUT2D eigenvalue weighted by Crippen LogP contribution is 2.29. The van der Waals surface area contributed by atoms with Crippen LogP contribution in [-0.2, 0) is 14.3 Å². The number of anilines is 1. The number of nitrogens with one attached hydrogen (secondary N) is 2. The quantitative estimate of drug-likeness (QED) is 0.217. The van der Waals surface area contributed by atoms with Crippen LogP contribution in [0.1, 0.15) is 84.4 Å². The fraction of sp³-hybridized carbons (Fsp3) is 0.457. The second-order valence-electron chi connectivity index (χ2n) is 12.3. The lowest BCUT2D eigenvalue weighted by molar-refractivity contribution is -0.141. The molecule has 0 aromatic heterocycles. The molecule has 0 saturated heterocycles. The predicted molar refractivity (Wildman–Crippen MR) is 170 cm³/mol. The van der Waals surface area contributed by atoms with Crippen LogP contribution in [-0.4, -0.2) is 41.0 Å². The topological polar surface area (TPSA) is 87.7 Å². The van der Waals surface area contributed by atoms with Crippen molar-refractivity contribution < 1.29 is 19.1 Å². The van der Waals surface area contributed by atoms with Crippen molar-refractivity contribution in [2.24, 2.45) is 5.92 Å². The average Bonchev–Trinajstić information content (AvgIpc) is 2.92. The van der Waals surface area contributed by atoms with E-state index < -0.39 is 23.8 Å². The maximum atomic E-state index is 14.4. The lowest BCUT2D eigenvalue weighted by Gasteiger charge is -2.36. The molecule has 3 aromatic rings. The number of rotatable bonds is 12. The summed E-state index contributed by atoms with van der Waals surface area (Å²) in [6, 6.07) is 19.7. The number of nitrogens with zero attached hydrogens (tertiary/aromatic N) is 1. The zero-order valence-corrected chi connectivity index (χ0v) is 26.2. The first-order valence-corrected chi connectivity index (χ1v) is 15.1. The second-order valence-corrected chi connectivity index (χ2v) is 12.3. The third-order valence-electron chi connectivity index (χ3n) is 7.20. The van der Waals surface area contributed by atoms with Crippen molar-refractivity contribution in [3.8, 4) is 0 Å². The van der Waals surface area contributed by atoms with Gasteiger partial charge < -0.3 is 20.3 Å². The molecular weight excluding hydrogens is 526 g/mol. The Morgan fingerprint density at radius 2 is 1.55 bits per heavy atom. The van der Waals surface area contributed by atoms with Crippen molar-refractivity contribution >= 4 is 34.4 Å². The van der Waals surface area contributed by atoms with Gasteiger partial charge in [0.1, 0.15) is 17.7 Å². The smallest absolute Gasteiger partial charge is 0.408 e. The first kappa shape index (κ1) is 32.6. The third-order valence-corrected chi connectivity index (χ3v) is 7.20. The minimum Gasteiger partial charge on any atom is -0.444 e. The van der Waals surface area contributed by atoms with Gasteiger partial charge in [0.05, 0.1) is 0 Å². The molecule has 0 fully saturated rings. The Kier molecular flexibility index (Phi) is 11.5. The molecule has 0 bridgehead atoms. The maximum Gasteiger partial charge on any atom is 0.408 e. The number of benzene rings is 3. The number of carbonyl (C=O) groups excluding carboxylic acids is 3. The third kappa shape index (κ3) is 9.07. The van der Waals surface area contributed by atoms with E-state index in [1.807, 2.05) is 87.5 Å². The molecule has 3 amide bonds. The molecule has 2 N–H and O–H groups in total. The van der Waals surface area contributed by atoms with Crippen molar-refractivity contribution in [1.82, 2.24) is 10.2 Å². The molecule has 226 valence electrons. The Balaban J connectivity index is 2.03. The fourth-order valence-electron chi connectivity index (χ4n) is 5.02. The first-order chi connectivity index (χ1) is 19.9. The van der Waals surface area contributed by atoms with E-state index in [0.29, 0.717) is 12.2 Å². The van der Waals surface area contributed by atoms with E-state index in [4.69, 9.17) is 4.74 Å². The van der Waals surface area contributed by atoms with Crippen LogP contribution in [0.3, 0.4) is 0 Å². The number of alkyl carbamates (subject to hydrolysis) is 1. The predicted octanol–water partition coefficient (Wildman–Crippen LogP) is 7.79. The average molecular weight is 574 g/mol. The van der Waals surface area contributed by atoms with Gasteiger partial charge in [0.25, 0.3) is 5.91 Å². The molecule has 7 heteroatoms. The minimum absolute atomic E-state index is 0.232. The normalized spacial score (nSPS) is 13.0. The van der Waals surface area contributed by atoms with Crippen LogP contribution in [0.15, 0.2) is 66.7 Å². The highest BCUT2D eigenvalue weighted by atomic mass is 16.6.